The summed E-state index contributed by atoms with van der Waals surface area (Å²) in [6.07, 6.45) is 6.85. The van der Waals surface area contributed by atoms with Crippen molar-refractivity contribution in [1.29, 1.82) is 0 Å². The van der Waals surface area contributed by atoms with Gasteiger partial charge in [-0.05, 0) is 56.8 Å². The smallest absolute Gasteiger partial charge is 0.250 e. The van der Waals surface area contributed by atoms with Crippen LogP contribution < -0.4 is 16.2 Å². The van der Waals surface area contributed by atoms with Crippen molar-refractivity contribution < 1.29 is 4.79 Å². The maximum Gasteiger partial charge on any atom is 0.250 e. The Labute approximate surface area is 172 Å². The van der Waals surface area contributed by atoms with Crippen molar-refractivity contribution >= 4 is 30.7 Å². The molecule has 3 aliphatic heterocycles. The summed E-state index contributed by atoms with van der Waals surface area (Å²) in [5.41, 5.74) is -0.134. The molecule has 0 radical (unpaired) electrons. The standard InChI is InChI=1S/C19H28N4O2.2ClH/c24-18(13-22-7-3-2-6-19(22)25)21-12-17-15-9-14(10-20-11-15)16-5-1-4-8-23(16)17;;/h2-3,6-7,14-17,20H,1,4-5,8-13H2,(H,21,24);2*1H/t14-,15+,16+,17+;;/m1../s1. The van der Waals surface area contributed by atoms with E-state index in [1.54, 1.807) is 18.3 Å². The average molecular weight is 417 g/mol. The number of halogens is 2. The first-order valence-corrected chi connectivity index (χ1v) is 9.61. The molecule has 4 atom stereocenters. The van der Waals surface area contributed by atoms with E-state index in [1.165, 1.54) is 36.3 Å². The van der Waals surface area contributed by atoms with Gasteiger partial charge in [-0.25, -0.2) is 0 Å². The first kappa shape index (κ1) is 22.2. The first-order chi connectivity index (χ1) is 12.2. The molecule has 152 valence electrons. The number of amides is 1. The average Bonchev–Trinajstić information content (AvgIpc) is 2.64. The van der Waals surface area contributed by atoms with Crippen molar-refractivity contribution in [3.05, 3.63) is 34.7 Å². The minimum atomic E-state index is -0.134. The molecule has 4 rings (SSSR count). The number of carbonyl (C=O) groups excluding carboxylic acids is 1. The van der Waals surface area contributed by atoms with Gasteiger partial charge in [-0.3, -0.25) is 14.5 Å². The quantitative estimate of drug-likeness (QED) is 0.775. The summed E-state index contributed by atoms with van der Waals surface area (Å²) in [6, 6.07) is 6.06. The van der Waals surface area contributed by atoms with Crippen LogP contribution in [-0.2, 0) is 11.3 Å². The number of hydrogen-bond donors (Lipinski definition) is 2. The lowest BCUT2D eigenvalue weighted by atomic mass is 9.73. The second-order valence-corrected chi connectivity index (χ2v) is 7.75. The van der Waals surface area contributed by atoms with E-state index >= 15 is 0 Å². The van der Waals surface area contributed by atoms with Gasteiger partial charge in [0.15, 0.2) is 0 Å². The summed E-state index contributed by atoms with van der Waals surface area (Å²) >= 11 is 0. The predicted molar refractivity (Wildman–Crippen MR) is 111 cm³/mol. The fraction of sp³-hybridized carbons (Fsp3) is 0.684. The highest BCUT2D eigenvalue weighted by atomic mass is 35.5. The third kappa shape index (κ3) is 4.86. The van der Waals surface area contributed by atoms with E-state index in [0.29, 0.717) is 24.5 Å². The lowest BCUT2D eigenvalue weighted by molar-refractivity contribution is -0.122. The number of nitrogens with one attached hydrogen (secondary N) is 2. The zero-order valence-corrected chi connectivity index (χ0v) is 17.1. The van der Waals surface area contributed by atoms with E-state index in [-0.39, 0.29) is 42.8 Å². The molecule has 1 amide bonds. The van der Waals surface area contributed by atoms with Gasteiger partial charge in [0.2, 0.25) is 5.91 Å². The molecule has 8 heteroatoms. The van der Waals surface area contributed by atoms with Gasteiger partial charge in [0.1, 0.15) is 6.54 Å². The molecule has 0 saturated carbocycles. The minimum absolute atomic E-state index is 0. The molecule has 3 saturated heterocycles. The van der Waals surface area contributed by atoms with Crippen LogP contribution >= 0.6 is 24.8 Å². The van der Waals surface area contributed by atoms with Crippen LogP contribution in [0.5, 0.6) is 0 Å². The van der Waals surface area contributed by atoms with Crippen molar-refractivity contribution in [2.24, 2.45) is 11.8 Å². The summed E-state index contributed by atoms with van der Waals surface area (Å²) in [7, 11) is 0. The van der Waals surface area contributed by atoms with Crippen molar-refractivity contribution in [1.82, 2.24) is 20.1 Å². The van der Waals surface area contributed by atoms with Crippen LogP contribution in [0, 0.1) is 11.8 Å². The van der Waals surface area contributed by atoms with Gasteiger partial charge < -0.3 is 15.2 Å². The van der Waals surface area contributed by atoms with E-state index in [4.69, 9.17) is 0 Å². The molecule has 3 aliphatic rings. The summed E-state index contributed by atoms with van der Waals surface area (Å²) in [6.45, 7) is 4.15. The van der Waals surface area contributed by atoms with Gasteiger partial charge in [-0.2, -0.15) is 0 Å². The molecule has 6 nitrogen and oxygen atoms in total. The Balaban J connectivity index is 0.00000131. The largest absolute Gasteiger partial charge is 0.353 e. The number of pyridine rings is 1. The SMILES string of the molecule is Cl.Cl.O=C(Cn1ccccc1=O)NC[C@H]1[C@@H]2CNC[C@@H](C2)[C@@H]2CCCCN21. The van der Waals surface area contributed by atoms with Gasteiger partial charge in [0.05, 0.1) is 0 Å². The van der Waals surface area contributed by atoms with Gasteiger partial charge in [0.25, 0.3) is 5.56 Å². The van der Waals surface area contributed by atoms with Crippen molar-refractivity contribution in [3.63, 3.8) is 0 Å². The second-order valence-electron chi connectivity index (χ2n) is 7.75. The fourth-order valence-electron chi connectivity index (χ4n) is 5.07. The molecular formula is C19H30Cl2N4O2. The monoisotopic (exact) mass is 416 g/mol. The molecule has 2 N–H and O–H groups in total. The van der Waals surface area contributed by atoms with Gasteiger partial charge in [-0.15, -0.1) is 24.8 Å². The summed E-state index contributed by atoms with van der Waals surface area (Å²) < 4.78 is 1.46. The molecule has 27 heavy (non-hydrogen) atoms. The third-order valence-corrected chi connectivity index (χ3v) is 6.25. The van der Waals surface area contributed by atoms with Crippen LogP contribution in [0.4, 0.5) is 0 Å². The zero-order chi connectivity index (χ0) is 17.2. The van der Waals surface area contributed by atoms with E-state index in [9.17, 15) is 9.59 Å². The Morgan fingerprint density at radius 3 is 2.81 bits per heavy atom. The Morgan fingerprint density at radius 2 is 2.00 bits per heavy atom. The summed E-state index contributed by atoms with van der Waals surface area (Å²) in [4.78, 5) is 26.8. The van der Waals surface area contributed by atoms with Crippen molar-refractivity contribution in [2.75, 3.05) is 26.2 Å². The molecule has 3 fully saturated rings. The Kier molecular flexibility index (Phi) is 8.16. The molecule has 0 spiro atoms. The number of fused-ring (bicyclic) bond motifs is 4. The number of hydrogen-bond acceptors (Lipinski definition) is 4. The first-order valence-electron chi connectivity index (χ1n) is 9.61. The van der Waals surface area contributed by atoms with Crippen LogP contribution in [0.15, 0.2) is 29.2 Å². The van der Waals surface area contributed by atoms with Crippen LogP contribution in [0.2, 0.25) is 0 Å². The van der Waals surface area contributed by atoms with E-state index in [0.717, 1.165) is 25.6 Å². The fourth-order valence-corrected chi connectivity index (χ4v) is 5.07. The van der Waals surface area contributed by atoms with Crippen molar-refractivity contribution in [3.8, 4) is 0 Å². The second kappa shape index (κ2) is 9.92. The lowest BCUT2D eigenvalue weighted by Crippen LogP contribution is -2.65. The maximum atomic E-state index is 12.3. The molecule has 1 aromatic rings. The number of rotatable bonds is 4. The molecule has 0 unspecified atom stereocenters. The highest BCUT2D eigenvalue weighted by Gasteiger charge is 2.45. The minimum Gasteiger partial charge on any atom is -0.353 e. The van der Waals surface area contributed by atoms with Gasteiger partial charge >= 0.3 is 0 Å². The highest BCUT2D eigenvalue weighted by Crippen LogP contribution is 2.38. The van der Waals surface area contributed by atoms with Crippen LogP contribution in [0.25, 0.3) is 0 Å². The number of aromatic nitrogens is 1. The molecule has 4 heterocycles. The van der Waals surface area contributed by atoms with E-state index < -0.39 is 0 Å². The summed E-state index contributed by atoms with van der Waals surface area (Å²) in [5.74, 6) is 1.31. The van der Waals surface area contributed by atoms with Gasteiger partial charge in [0, 0.05) is 30.9 Å². The van der Waals surface area contributed by atoms with Crippen molar-refractivity contribution in [2.45, 2.75) is 44.3 Å². The highest BCUT2D eigenvalue weighted by molar-refractivity contribution is 5.85. The Bertz CT molecular complexity index is 684. The molecule has 2 bridgehead atoms. The van der Waals surface area contributed by atoms with Gasteiger partial charge in [-0.1, -0.05) is 12.5 Å². The molecular weight excluding hydrogens is 387 g/mol. The predicted octanol–water partition coefficient (Wildman–Crippen LogP) is 1.27. The maximum absolute atomic E-state index is 12.3. The lowest BCUT2D eigenvalue weighted by Gasteiger charge is -2.55. The number of carbonyl (C=O) groups is 1. The Morgan fingerprint density at radius 1 is 1.19 bits per heavy atom. The zero-order valence-electron chi connectivity index (χ0n) is 15.5. The topological polar surface area (TPSA) is 66.4 Å². The molecule has 0 aliphatic carbocycles. The third-order valence-electron chi connectivity index (χ3n) is 6.25. The summed E-state index contributed by atoms with van der Waals surface area (Å²) in [5, 5.41) is 6.70. The van der Waals surface area contributed by atoms with Crippen LogP contribution in [-0.4, -0.2) is 53.6 Å². The van der Waals surface area contributed by atoms with Crippen LogP contribution in [0.1, 0.15) is 25.7 Å². The molecule has 0 aromatic carbocycles. The number of nitrogens with zero attached hydrogens (tertiary/aromatic N) is 2. The number of piperidine rings is 3. The molecule has 1 aromatic heterocycles. The van der Waals surface area contributed by atoms with E-state index in [1.807, 2.05) is 0 Å². The Hall–Kier alpha value is -1.08. The van der Waals surface area contributed by atoms with E-state index in [2.05, 4.69) is 15.5 Å². The normalized spacial score (nSPS) is 29.6. The van der Waals surface area contributed by atoms with Crippen LogP contribution in [0.3, 0.4) is 0 Å².